The summed E-state index contributed by atoms with van der Waals surface area (Å²) < 4.78 is 47.4. The molecule has 0 bridgehead atoms. The van der Waals surface area contributed by atoms with E-state index in [1.165, 1.54) is 4.90 Å². The van der Waals surface area contributed by atoms with E-state index in [1.54, 1.807) is 19.4 Å². The maximum absolute atomic E-state index is 14.6. The van der Waals surface area contributed by atoms with E-state index in [0.29, 0.717) is 23.7 Å². The number of alkyl halides is 3. The van der Waals surface area contributed by atoms with Crippen LogP contribution >= 0.6 is 0 Å². The summed E-state index contributed by atoms with van der Waals surface area (Å²) in [7, 11) is 5.25. The molecule has 8 nitrogen and oxygen atoms in total. The van der Waals surface area contributed by atoms with E-state index < -0.39 is 59.3 Å². The molecule has 2 unspecified atom stereocenters. The molecule has 2 aliphatic rings. The summed E-state index contributed by atoms with van der Waals surface area (Å²) in [6.07, 6.45) is -2.63. The number of carbonyl (C=O) groups excluding carboxylic acids is 1. The van der Waals surface area contributed by atoms with Crippen LogP contribution < -0.4 is 15.0 Å². The van der Waals surface area contributed by atoms with Crippen molar-refractivity contribution in [1.29, 1.82) is 0 Å². The lowest BCUT2D eigenvalue weighted by molar-refractivity contribution is -0.188. The SMILES string of the molecule is COc1ccc(C(C)(C)C)cc1CN[C@H]1[C@H](C(C)(C)C)[C@@H](C(=O)O)N(C(=O)C2CCCC(C(F)(F)F)C2)[C@H]1c1cccnc1N(C)C. The lowest BCUT2D eigenvalue weighted by Crippen LogP contribution is -2.50. The Bertz CT molecular complexity index is 1430. The van der Waals surface area contributed by atoms with Crippen molar-refractivity contribution in [3.05, 3.63) is 53.2 Å². The lowest BCUT2D eigenvalue weighted by atomic mass is 9.72. The second kappa shape index (κ2) is 13.6. The summed E-state index contributed by atoms with van der Waals surface area (Å²) in [6, 6.07) is 6.92. The molecule has 2 fully saturated rings. The standard InChI is InChI=1S/C36H51F3N4O4/c1-34(2,3)23-15-16-26(47-9)22(19-23)20-41-28-27(35(4,5)6)30(33(45)46)43(29(28)25-14-11-17-40-31(25)42(7)8)32(44)21-12-10-13-24(18-21)36(37,38)39/h11,14-17,19,21,24,27-30,41H,10,12-13,18,20H2,1-9H3,(H,45,46)/t21?,24?,27-,28-,29-,30-/m0/s1. The molecule has 2 aromatic rings. The highest BCUT2D eigenvalue weighted by Gasteiger charge is 2.59. The smallest absolute Gasteiger partial charge is 0.391 e. The first kappa shape index (κ1) is 36.5. The first-order valence-corrected chi connectivity index (χ1v) is 16.4. The highest BCUT2D eigenvalue weighted by molar-refractivity contribution is 5.87. The van der Waals surface area contributed by atoms with E-state index >= 15 is 0 Å². The largest absolute Gasteiger partial charge is 0.496 e. The summed E-state index contributed by atoms with van der Waals surface area (Å²) in [5.74, 6) is -3.64. The molecule has 1 amide bonds. The third-order valence-electron chi connectivity index (χ3n) is 9.89. The normalized spacial score (nSPS) is 25.5. The molecule has 1 aliphatic heterocycles. The van der Waals surface area contributed by atoms with Gasteiger partial charge >= 0.3 is 12.1 Å². The second-order valence-electron chi connectivity index (χ2n) is 15.5. The average Bonchev–Trinajstić information content (AvgIpc) is 3.34. The van der Waals surface area contributed by atoms with Crippen molar-refractivity contribution in [3.8, 4) is 5.75 Å². The van der Waals surface area contributed by atoms with Gasteiger partial charge in [-0.15, -0.1) is 0 Å². The van der Waals surface area contributed by atoms with Crippen molar-refractivity contribution < 1.29 is 32.6 Å². The number of anilines is 1. The number of ether oxygens (including phenoxy) is 1. The van der Waals surface area contributed by atoms with Gasteiger partial charge in [0.1, 0.15) is 17.6 Å². The molecule has 47 heavy (non-hydrogen) atoms. The van der Waals surface area contributed by atoms with Crippen LogP contribution in [0, 0.1) is 23.2 Å². The molecule has 4 rings (SSSR count). The number of amides is 1. The summed E-state index contributed by atoms with van der Waals surface area (Å²) >= 11 is 0. The Kier molecular flexibility index (Phi) is 10.6. The maximum atomic E-state index is 14.6. The van der Waals surface area contributed by atoms with Crippen molar-refractivity contribution in [3.63, 3.8) is 0 Å². The number of hydrogen-bond acceptors (Lipinski definition) is 6. The molecular weight excluding hydrogens is 609 g/mol. The van der Waals surface area contributed by atoms with Gasteiger partial charge in [-0.2, -0.15) is 13.2 Å². The van der Waals surface area contributed by atoms with Gasteiger partial charge in [-0.05, 0) is 47.8 Å². The van der Waals surface area contributed by atoms with Gasteiger partial charge in [0.2, 0.25) is 5.91 Å². The third-order valence-corrected chi connectivity index (χ3v) is 9.89. The zero-order chi connectivity index (χ0) is 35.1. The minimum atomic E-state index is -4.42. The number of rotatable bonds is 8. The van der Waals surface area contributed by atoms with Crippen molar-refractivity contribution in [2.75, 3.05) is 26.1 Å². The molecular formula is C36H51F3N4O4. The number of carboxylic acid groups (broad SMARTS) is 1. The van der Waals surface area contributed by atoms with Gasteiger partial charge in [-0.1, -0.05) is 66.2 Å². The summed E-state index contributed by atoms with van der Waals surface area (Å²) in [4.78, 5) is 35.7. The van der Waals surface area contributed by atoms with Crippen LogP contribution in [0.15, 0.2) is 36.5 Å². The fraction of sp³-hybridized carbons (Fsp3) is 0.639. The monoisotopic (exact) mass is 660 g/mol. The van der Waals surface area contributed by atoms with Crippen molar-refractivity contribution >= 4 is 17.7 Å². The summed E-state index contributed by atoms with van der Waals surface area (Å²) in [5.41, 5.74) is 1.87. The number of halogens is 3. The number of hydrogen-bond donors (Lipinski definition) is 2. The van der Waals surface area contributed by atoms with Crippen LogP contribution in [0.25, 0.3) is 0 Å². The van der Waals surface area contributed by atoms with Crippen LogP contribution in [0.3, 0.4) is 0 Å². The van der Waals surface area contributed by atoms with Crippen LogP contribution in [0.1, 0.15) is 90.0 Å². The summed E-state index contributed by atoms with van der Waals surface area (Å²) in [6.45, 7) is 12.5. The van der Waals surface area contributed by atoms with Crippen LogP contribution in [0.2, 0.25) is 0 Å². The van der Waals surface area contributed by atoms with Gasteiger partial charge in [0.25, 0.3) is 0 Å². The van der Waals surface area contributed by atoms with Crippen molar-refractivity contribution in [1.82, 2.24) is 15.2 Å². The zero-order valence-corrected chi connectivity index (χ0v) is 29.1. The zero-order valence-electron chi connectivity index (χ0n) is 29.1. The Balaban J connectivity index is 1.89. The summed E-state index contributed by atoms with van der Waals surface area (Å²) in [5, 5.41) is 14.5. The first-order valence-electron chi connectivity index (χ1n) is 16.4. The Morgan fingerprint density at radius 2 is 1.77 bits per heavy atom. The molecule has 1 aliphatic carbocycles. The Hall–Kier alpha value is -3.34. The highest BCUT2D eigenvalue weighted by atomic mass is 19.4. The number of methoxy groups -OCH3 is 1. The molecule has 11 heteroatoms. The predicted octanol–water partition coefficient (Wildman–Crippen LogP) is 6.98. The molecule has 1 aromatic carbocycles. The third kappa shape index (κ3) is 7.71. The van der Waals surface area contributed by atoms with Crippen molar-refractivity contribution in [2.45, 2.75) is 103 Å². The van der Waals surface area contributed by atoms with E-state index in [2.05, 4.69) is 37.1 Å². The van der Waals surface area contributed by atoms with E-state index in [1.807, 2.05) is 58.0 Å². The van der Waals surface area contributed by atoms with E-state index in [9.17, 15) is 27.9 Å². The van der Waals surface area contributed by atoms with Crippen LogP contribution in [-0.2, 0) is 21.5 Å². The number of benzene rings is 1. The first-order chi connectivity index (χ1) is 21.8. The molecule has 1 saturated heterocycles. The Labute approximate surface area is 277 Å². The lowest BCUT2D eigenvalue weighted by Gasteiger charge is -2.37. The topological polar surface area (TPSA) is 95.0 Å². The molecule has 1 aromatic heterocycles. The molecule has 2 heterocycles. The van der Waals surface area contributed by atoms with Crippen LogP contribution in [0.4, 0.5) is 19.0 Å². The molecule has 260 valence electrons. The van der Waals surface area contributed by atoms with Gasteiger partial charge in [0.05, 0.1) is 19.1 Å². The molecule has 0 spiro atoms. The van der Waals surface area contributed by atoms with Gasteiger partial charge in [-0.3, -0.25) is 4.79 Å². The number of nitrogens with zero attached hydrogens (tertiary/aromatic N) is 3. The number of likely N-dealkylation sites (tertiary alicyclic amines) is 1. The Morgan fingerprint density at radius 3 is 2.32 bits per heavy atom. The number of aromatic nitrogens is 1. The Morgan fingerprint density at radius 1 is 1.09 bits per heavy atom. The van der Waals surface area contributed by atoms with Gasteiger partial charge in [0, 0.05) is 55.8 Å². The molecule has 1 saturated carbocycles. The maximum Gasteiger partial charge on any atom is 0.391 e. The van der Waals surface area contributed by atoms with Crippen LogP contribution in [-0.4, -0.2) is 66.3 Å². The van der Waals surface area contributed by atoms with E-state index in [4.69, 9.17) is 4.74 Å². The van der Waals surface area contributed by atoms with Gasteiger partial charge in [-0.25, -0.2) is 9.78 Å². The number of nitrogens with one attached hydrogen (secondary N) is 1. The molecule has 6 atom stereocenters. The van der Waals surface area contributed by atoms with E-state index in [0.717, 1.165) is 11.1 Å². The highest BCUT2D eigenvalue weighted by Crippen LogP contribution is 2.51. The predicted molar refractivity (Wildman–Crippen MR) is 176 cm³/mol. The van der Waals surface area contributed by atoms with E-state index in [-0.39, 0.29) is 31.1 Å². The minimum Gasteiger partial charge on any atom is -0.496 e. The molecule has 2 N–H and O–H groups in total. The number of pyridine rings is 1. The fourth-order valence-corrected chi connectivity index (χ4v) is 7.60. The second-order valence-corrected chi connectivity index (χ2v) is 15.5. The van der Waals surface area contributed by atoms with Crippen LogP contribution in [0.5, 0.6) is 5.75 Å². The minimum absolute atomic E-state index is 0.0310. The van der Waals surface area contributed by atoms with Crippen molar-refractivity contribution in [2.24, 2.45) is 23.2 Å². The quantitative estimate of drug-likeness (QED) is 0.316. The average molecular weight is 661 g/mol. The van der Waals surface area contributed by atoms with Gasteiger partial charge < -0.3 is 25.0 Å². The fourth-order valence-electron chi connectivity index (χ4n) is 7.60. The number of carbonyl (C=O) groups is 2. The number of aliphatic carboxylic acids is 1. The number of carboxylic acids is 1. The van der Waals surface area contributed by atoms with Gasteiger partial charge in [0.15, 0.2) is 0 Å². The molecule has 0 radical (unpaired) electrons.